The summed E-state index contributed by atoms with van der Waals surface area (Å²) in [5.41, 5.74) is 0. The van der Waals surface area contributed by atoms with Gasteiger partial charge >= 0.3 is 61.5 Å². The molecule has 0 spiro atoms. The van der Waals surface area contributed by atoms with Crippen molar-refractivity contribution < 1.29 is 21.2 Å². The van der Waals surface area contributed by atoms with Crippen molar-refractivity contribution in [2.45, 2.75) is 19.3 Å². The van der Waals surface area contributed by atoms with Gasteiger partial charge in [-0.2, -0.15) is 0 Å². The third-order valence-electron chi connectivity index (χ3n) is 1.21. The topological polar surface area (TPSA) is 0 Å². The Hall–Kier alpha value is 0.470. The van der Waals surface area contributed by atoms with Gasteiger partial charge in [-0.3, -0.25) is 0 Å². The van der Waals surface area contributed by atoms with Crippen LogP contribution in [0.2, 0.25) is 0 Å². The van der Waals surface area contributed by atoms with E-state index in [1.54, 1.807) is 4.43 Å². The van der Waals surface area contributed by atoms with E-state index in [2.05, 4.69) is 12.2 Å². The first-order valence-corrected chi connectivity index (χ1v) is 6.24. The summed E-state index contributed by atoms with van der Waals surface area (Å²) in [6.07, 6.45) is 8.86. The molecule has 0 radical (unpaired) electrons. The van der Waals surface area contributed by atoms with Gasteiger partial charge in [-0.25, -0.2) is 0 Å². The van der Waals surface area contributed by atoms with Crippen molar-refractivity contribution in [1.82, 2.24) is 0 Å². The fraction of sp³-hybridized carbons (Fsp3) is 0.714. The molecule has 0 saturated carbocycles. The summed E-state index contributed by atoms with van der Waals surface area (Å²) in [4.78, 5) is 0. The van der Waals surface area contributed by atoms with Crippen LogP contribution in [0.4, 0.5) is 0 Å². The molecule has 1 aliphatic rings. The summed E-state index contributed by atoms with van der Waals surface area (Å²) in [7, 11) is 0. The van der Waals surface area contributed by atoms with Gasteiger partial charge < -0.3 is 0 Å². The number of halogens is 1. The second kappa shape index (κ2) is 4.36. The zero-order valence-corrected chi connectivity index (χ0v) is 7.23. The van der Waals surface area contributed by atoms with Crippen LogP contribution in [0, 0.1) is 0 Å². The average Bonchev–Trinajstić information content (AvgIpc) is 1.62. The summed E-state index contributed by atoms with van der Waals surface area (Å²) in [6, 6.07) is 0. The van der Waals surface area contributed by atoms with Crippen LogP contribution in [0.3, 0.4) is 0 Å². The monoisotopic (exact) mass is 223 g/mol. The molecule has 0 amide bonds. The van der Waals surface area contributed by atoms with Crippen LogP contribution in [0.15, 0.2) is 12.2 Å². The predicted molar refractivity (Wildman–Crippen MR) is 32.7 cm³/mol. The van der Waals surface area contributed by atoms with Crippen molar-refractivity contribution in [2.75, 3.05) is 8.86 Å². The molecule has 0 aromatic heterocycles. The molecule has 48 valence electrons. The molecule has 0 unspecified atom stereocenters. The molecule has 0 aliphatic carbocycles. The molecular formula is C7H12I-. The van der Waals surface area contributed by atoms with Gasteiger partial charge in [0.1, 0.15) is 0 Å². The van der Waals surface area contributed by atoms with Gasteiger partial charge in [0.25, 0.3) is 0 Å². The van der Waals surface area contributed by atoms with Gasteiger partial charge in [0.2, 0.25) is 0 Å². The Morgan fingerprint density at radius 1 is 1.00 bits per heavy atom. The Balaban J connectivity index is 2.17. The Bertz CT molecular complexity index is 66.5. The second-order valence-corrected chi connectivity index (χ2v) is 5.21. The molecule has 1 aliphatic heterocycles. The standard InChI is InChI=1S/C7H12I/c1-2-4-6-8-7-5-3-1/h1-2H,3-7H2/q-1/b2-1-. The Kier molecular flexibility index (Phi) is 3.59. The van der Waals surface area contributed by atoms with Crippen LogP contribution in [0.25, 0.3) is 0 Å². The minimum absolute atomic E-state index is 0.618. The van der Waals surface area contributed by atoms with Gasteiger partial charge in [-0.1, -0.05) is 0 Å². The zero-order valence-electron chi connectivity index (χ0n) is 5.07. The molecule has 0 aromatic rings. The number of hydrogen-bond acceptors (Lipinski definition) is 0. The molecule has 1 heterocycles. The number of hydrogen-bond donors (Lipinski definition) is 0. The molecule has 0 atom stereocenters. The van der Waals surface area contributed by atoms with Crippen molar-refractivity contribution in [2.24, 2.45) is 0 Å². The zero-order chi connectivity index (χ0) is 5.66. The second-order valence-electron chi connectivity index (χ2n) is 1.97. The van der Waals surface area contributed by atoms with Crippen LogP contribution >= 0.6 is 0 Å². The van der Waals surface area contributed by atoms with Gasteiger partial charge in [0.15, 0.2) is 0 Å². The van der Waals surface area contributed by atoms with E-state index in [9.17, 15) is 0 Å². The molecule has 0 nitrogen and oxygen atoms in total. The molecule has 0 N–H and O–H groups in total. The maximum atomic E-state index is 2.35. The first-order chi connectivity index (χ1) is 4.00. The van der Waals surface area contributed by atoms with Crippen LogP contribution in [0.1, 0.15) is 19.3 Å². The van der Waals surface area contributed by atoms with E-state index in [0.29, 0.717) is 21.2 Å². The molecule has 0 bridgehead atoms. The maximum absolute atomic E-state index is 2.35. The number of alkyl halides is 2. The first kappa shape index (κ1) is 6.59. The van der Waals surface area contributed by atoms with Gasteiger partial charge in [0, 0.05) is 0 Å². The summed E-state index contributed by atoms with van der Waals surface area (Å²) in [5, 5.41) is 0. The number of rotatable bonds is 0. The van der Waals surface area contributed by atoms with Crippen LogP contribution in [0.5, 0.6) is 0 Å². The van der Waals surface area contributed by atoms with Gasteiger partial charge in [-0.05, 0) is 0 Å². The van der Waals surface area contributed by atoms with E-state index < -0.39 is 0 Å². The molecule has 0 saturated heterocycles. The summed E-state index contributed by atoms with van der Waals surface area (Å²) in [5.74, 6) is 0. The fourth-order valence-electron chi connectivity index (χ4n) is 0.760. The van der Waals surface area contributed by atoms with Crippen molar-refractivity contribution in [1.29, 1.82) is 0 Å². The third-order valence-corrected chi connectivity index (χ3v) is 4.13. The molecule has 1 rings (SSSR count). The van der Waals surface area contributed by atoms with Crippen LogP contribution in [-0.4, -0.2) is 8.86 Å². The summed E-state index contributed by atoms with van der Waals surface area (Å²) >= 11 is 0.618. The Morgan fingerprint density at radius 3 is 2.88 bits per heavy atom. The first-order valence-electron chi connectivity index (χ1n) is 3.18. The van der Waals surface area contributed by atoms with Crippen molar-refractivity contribution in [3.63, 3.8) is 0 Å². The third kappa shape index (κ3) is 2.70. The van der Waals surface area contributed by atoms with Gasteiger partial charge in [-0.15, -0.1) is 0 Å². The van der Waals surface area contributed by atoms with E-state index in [0.717, 1.165) is 0 Å². The van der Waals surface area contributed by atoms with E-state index in [4.69, 9.17) is 0 Å². The Morgan fingerprint density at radius 2 is 1.88 bits per heavy atom. The summed E-state index contributed by atoms with van der Waals surface area (Å²) < 4.78 is 3.08. The number of allylic oxidation sites excluding steroid dienone is 2. The summed E-state index contributed by atoms with van der Waals surface area (Å²) in [6.45, 7) is 0. The Labute approximate surface area is 61.6 Å². The van der Waals surface area contributed by atoms with Crippen molar-refractivity contribution >= 4 is 0 Å². The molecular weight excluding hydrogens is 211 g/mol. The molecule has 0 aromatic carbocycles. The van der Waals surface area contributed by atoms with Crippen molar-refractivity contribution in [3.8, 4) is 0 Å². The van der Waals surface area contributed by atoms with Crippen LogP contribution < -0.4 is 21.2 Å². The minimum atomic E-state index is 0.618. The average molecular weight is 223 g/mol. The quantitative estimate of drug-likeness (QED) is 0.275. The van der Waals surface area contributed by atoms with Gasteiger partial charge in [0.05, 0.1) is 0 Å². The van der Waals surface area contributed by atoms with E-state index in [-0.39, 0.29) is 0 Å². The van der Waals surface area contributed by atoms with E-state index in [1.165, 1.54) is 23.7 Å². The predicted octanol–water partition coefficient (Wildman–Crippen LogP) is -1.18. The normalized spacial score (nSPS) is 27.0. The van der Waals surface area contributed by atoms with Crippen LogP contribution in [-0.2, 0) is 0 Å². The van der Waals surface area contributed by atoms with Crippen molar-refractivity contribution in [3.05, 3.63) is 12.2 Å². The fourth-order valence-corrected chi connectivity index (χ4v) is 3.08. The van der Waals surface area contributed by atoms with E-state index >= 15 is 0 Å². The molecule has 8 heavy (non-hydrogen) atoms. The SMILES string of the molecule is C1=C\CC[I-]CCC/1. The van der Waals surface area contributed by atoms with E-state index in [1.807, 2.05) is 0 Å². The molecule has 1 heteroatoms. The molecule has 0 fully saturated rings.